The minimum atomic E-state index is -4.65. The molecular formula is CH3FeO4P. The fraction of sp³-hybridized carbons (Fsp3) is 1.00. The van der Waals surface area contributed by atoms with Gasteiger partial charge in [0.1, 0.15) is 0 Å². The van der Waals surface area contributed by atoms with Gasteiger partial charge in [-0.3, -0.25) is 0 Å². The van der Waals surface area contributed by atoms with Gasteiger partial charge in [0.2, 0.25) is 0 Å². The van der Waals surface area contributed by atoms with Crippen molar-refractivity contribution in [2.45, 2.75) is 0 Å². The molecule has 0 N–H and O–H groups in total. The van der Waals surface area contributed by atoms with Crippen LogP contribution in [-0.2, 0) is 26.2 Å². The summed E-state index contributed by atoms with van der Waals surface area (Å²) in [6, 6.07) is 0. The van der Waals surface area contributed by atoms with E-state index in [4.69, 9.17) is 0 Å². The van der Waals surface area contributed by atoms with E-state index in [1.165, 1.54) is 0 Å². The first-order valence-corrected chi connectivity index (χ1v) is 2.60. The summed E-state index contributed by atoms with van der Waals surface area (Å²) < 4.78 is 12.6. The van der Waals surface area contributed by atoms with Crippen LogP contribution in [0, 0.1) is 0 Å². The van der Waals surface area contributed by atoms with Crippen LogP contribution in [-0.4, -0.2) is 7.11 Å². The molecule has 4 nitrogen and oxygen atoms in total. The smallest absolute Gasteiger partial charge is 0.790 e. The van der Waals surface area contributed by atoms with Crippen molar-refractivity contribution < 1.29 is 35.9 Å². The molecule has 0 aromatic carbocycles. The number of phosphoric ester groups is 1. The maximum atomic E-state index is 9.25. The predicted octanol–water partition coefficient (Wildman–Crippen LogP) is -1.54. The largest absolute Gasteiger partial charge is 2.00 e. The third-order valence-corrected chi connectivity index (χ3v) is 0.671. The van der Waals surface area contributed by atoms with Crippen LogP contribution in [0.15, 0.2) is 0 Å². The Morgan fingerprint density at radius 2 is 1.71 bits per heavy atom. The average molecular weight is 166 g/mol. The molecule has 0 aromatic rings. The Morgan fingerprint density at radius 3 is 1.71 bits per heavy atom. The summed E-state index contributed by atoms with van der Waals surface area (Å²) >= 11 is 0. The van der Waals surface area contributed by atoms with Gasteiger partial charge in [-0.25, -0.2) is 0 Å². The maximum Gasteiger partial charge on any atom is 2.00 e. The molecule has 6 heteroatoms. The summed E-state index contributed by atoms with van der Waals surface area (Å²) in [6.07, 6.45) is 0. The molecule has 0 heterocycles. The van der Waals surface area contributed by atoms with E-state index < -0.39 is 7.82 Å². The molecule has 0 radical (unpaired) electrons. The van der Waals surface area contributed by atoms with E-state index in [2.05, 4.69) is 4.52 Å². The van der Waals surface area contributed by atoms with Gasteiger partial charge in [0.25, 0.3) is 0 Å². The summed E-state index contributed by atoms with van der Waals surface area (Å²) in [5, 5.41) is 0. The quantitative estimate of drug-likeness (QED) is 0.349. The standard InChI is InChI=1S/CH5O4P.Fe/c1-5-6(2,3)4;/h1H3,(H2,2,3,4);/q;+2/p-2. The fourth-order valence-corrected chi connectivity index (χ4v) is 0. The van der Waals surface area contributed by atoms with E-state index in [1.807, 2.05) is 0 Å². The Balaban J connectivity index is 0. The number of hydrogen-bond acceptors (Lipinski definition) is 4. The predicted molar refractivity (Wildman–Crippen MR) is 14.6 cm³/mol. The normalized spacial score (nSPS) is 10.1. The number of phosphoric acid groups is 1. The average Bonchev–Trinajstić information content (AvgIpc) is 1.35. The second kappa shape index (κ2) is 3.61. The molecule has 0 aliphatic heterocycles. The zero-order chi connectivity index (χ0) is 5.21. The Kier molecular flexibility index (Phi) is 5.46. The molecule has 0 saturated heterocycles. The first-order valence-electron chi connectivity index (χ1n) is 1.14. The van der Waals surface area contributed by atoms with Crippen molar-refractivity contribution in [2.24, 2.45) is 0 Å². The summed E-state index contributed by atoms with van der Waals surface area (Å²) in [5.41, 5.74) is 0. The number of rotatable bonds is 1. The minimum absolute atomic E-state index is 0. The van der Waals surface area contributed by atoms with Gasteiger partial charge in [0.05, 0.1) is 7.82 Å². The van der Waals surface area contributed by atoms with Crippen molar-refractivity contribution in [1.82, 2.24) is 0 Å². The van der Waals surface area contributed by atoms with Crippen molar-refractivity contribution in [3.05, 3.63) is 0 Å². The summed E-state index contributed by atoms with van der Waals surface area (Å²) in [7, 11) is -3.83. The molecule has 0 spiro atoms. The van der Waals surface area contributed by atoms with Crippen molar-refractivity contribution >= 4 is 7.82 Å². The van der Waals surface area contributed by atoms with E-state index in [9.17, 15) is 14.4 Å². The fourth-order valence-electron chi connectivity index (χ4n) is 0. The molecule has 0 aromatic heterocycles. The molecule has 0 rings (SSSR count). The molecule has 0 aliphatic rings. The van der Waals surface area contributed by atoms with Crippen molar-refractivity contribution in [1.29, 1.82) is 0 Å². The van der Waals surface area contributed by atoms with Gasteiger partial charge in [0.15, 0.2) is 0 Å². The molecule has 0 bridgehead atoms. The summed E-state index contributed by atoms with van der Waals surface area (Å²) in [4.78, 5) is 18.5. The topological polar surface area (TPSA) is 72.4 Å². The van der Waals surface area contributed by atoms with Gasteiger partial charge in [-0.15, -0.1) is 0 Å². The molecule has 0 atom stereocenters. The molecular weight excluding hydrogens is 163 g/mol. The van der Waals surface area contributed by atoms with E-state index in [0.29, 0.717) is 0 Å². The van der Waals surface area contributed by atoms with Gasteiger partial charge in [-0.05, 0) is 0 Å². The van der Waals surface area contributed by atoms with Crippen LogP contribution in [0.4, 0.5) is 0 Å². The SMILES string of the molecule is COP(=O)([O-])[O-].[Fe+2]. The van der Waals surface area contributed by atoms with Crippen molar-refractivity contribution in [3.63, 3.8) is 0 Å². The Morgan fingerprint density at radius 1 is 1.57 bits per heavy atom. The van der Waals surface area contributed by atoms with Crippen LogP contribution in [0.1, 0.15) is 0 Å². The van der Waals surface area contributed by atoms with E-state index in [1.54, 1.807) is 0 Å². The first kappa shape index (κ1) is 10.6. The zero-order valence-electron chi connectivity index (χ0n) is 3.43. The maximum absolute atomic E-state index is 9.25. The third-order valence-electron chi connectivity index (χ3n) is 0.224. The van der Waals surface area contributed by atoms with E-state index in [0.717, 1.165) is 7.11 Å². The number of hydrogen-bond donors (Lipinski definition) is 0. The second-order valence-electron chi connectivity index (χ2n) is 0.630. The third kappa shape index (κ3) is 10.8. The summed E-state index contributed by atoms with van der Waals surface area (Å²) in [5.74, 6) is 0. The first-order chi connectivity index (χ1) is 2.56. The Labute approximate surface area is 51.6 Å². The van der Waals surface area contributed by atoms with Gasteiger partial charge in [-0.2, -0.15) is 0 Å². The molecule has 0 saturated carbocycles. The van der Waals surface area contributed by atoms with Crippen LogP contribution in [0.3, 0.4) is 0 Å². The molecule has 0 unspecified atom stereocenters. The van der Waals surface area contributed by atoms with Crippen LogP contribution >= 0.6 is 7.82 Å². The van der Waals surface area contributed by atoms with Crippen molar-refractivity contribution in [2.75, 3.05) is 7.11 Å². The Hall–Kier alpha value is 0.629. The van der Waals surface area contributed by atoms with Gasteiger partial charge in [0, 0.05) is 7.11 Å². The van der Waals surface area contributed by atoms with Gasteiger partial charge >= 0.3 is 17.1 Å². The van der Waals surface area contributed by atoms with Crippen LogP contribution in [0.5, 0.6) is 0 Å². The zero-order valence-corrected chi connectivity index (χ0v) is 5.43. The Bertz CT molecular complexity index is 75.8. The van der Waals surface area contributed by atoms with Crippen molar-refractivity contribution in [3.8, 4) is 0 Å². The molecule has 7 heavy (non-hydrogen) atoms. The molecule has 0 fully saturated rings. The summed E-state index contributed by atoms with van der Waals surface area (Å²) in [6.45, 7) is 0. The van der Waals surface area contributed by atoms with Gasteiger partial charge in [-0.1, -0.05) is 0 Å². The molecule has 0 aliphatic carbocycles. The van der Waals surface area contributed by atoms with E-state index >= 15 is 0 Å². The monoisotopic (exact) mass is 166 g/mol. The molecule has 0 amide bonds. The van der Waals surface area contributed by atoms with Crippen LogP contribution < -0.4 is 9.79 Å². The second-order valence-corrected chi connectivity index (χ2v) is 1.89. The van der Waals surface area contributed by atoms with Crippen LogP contribution in [0.2, 0.25) is 0 Å². The van der Waals surface area contributed by atoms with Crippen LogP contribution in [0.25, 0.3) is 0 Å². The van der Waals surface area contributed by atoms with E-state index in [-0.39, 0.29) is 17.1 Å². The van der Waals surface area contributed by atoms with Gasteiger partial charge < -0.3 is 18.9 Å². The minimum Gasteiger partial charge on any atom is -0.790 e. The molecule has 44 valence electrons.